The third kappa shape index (κ3) is 4.35. The number of benzene rings is 1. The fraction of sp³-hybridized carbons (Fsp3) is 0.409. The molecule has 162 valence electrons. The Hall–Kier alpha value is -3.49. The predicted octanol–water partition coefficient (Wildman–Crippen LogP) is 2.21. The van der Waals surface area contributed by atoms with E-state index in [1.54, 1.807) is 36.7 Å². The van der Waals surface area contributed by atoms with Crippen LogP contribution in [-0.4, -0.2) is 43.9 Å². The van der Waals surface area contributed by atoms with Gasteiger partial charge in [-0.3, -0.25) is 9.59 Å². The Morgan fingerprint density at radius 1 is 1.13 bits per heavy atom. The number of carbonyl (C=O) groups is 2. The van der Waals surface area contributed by atoms with Crippen molar-refractivity contribution >= 4 is 28.8 Å². The number of nitrogens with one attached hydrogen (secondary N) is 1. The molecule has 0 aliphatic carbocycles. The molecule has 4 rings (SSSR count). The van der Waals surface area contributed by atoms with E-state index in [1.807, 2.05) is 0 Å². The van der Waals surface area contributed by atoms with Gasteiger partial charge in [-0.25, -0.2) is 18.9 Å². The van der Waals surface area contributed by atoms with Crippen molar-refractivity contribution in [1.29, 1.82) is 0 Å². The maximum atomic E-state index is 12.8. The minimum atomic E-state index is -0.390. The third-order valence-electron chi connectivity index (χ3n) is 5.52. The van der Waals surface area contributed by atoms with Gasteiger partial charge in [0.05, 0.1) is 0 Å². The molecular weight excluding hydrogens is 396 g/mol. The minimum Gasteiger partial charge on any atom is -0.353 e. The number of rotatable bonds is 5. The molecule has 0 saturated carbocycles. The topological polar surface area (TPSA) is 102 Å². The summed E-state index contributed by atoms with van der Waals surface area (Å²) in [4.78, 5) is 43.3. The number of fused-ring (bicyclic) bond motifs is 1. The quantitative estimate of drug-likeness (QED) is 0.633. The fourth-order valence-electron chi connectivity index (χ4n) is 4.22. The zero-order valence-electron chi connectivity index (χ0n) is 17.9. The normalized spacial score (nSPS) is 18.9. The van der Waals surface area contributed by atoms with Gasteiger partial charge >= 0.3 is 5.69 Å². The first-order chi connectivity index (χ1) is 14.8. The van der Waals surface area contributed by atoms with E-state index in [2.05, 4.69) is 34.1 Å². The predicted molar refractivity (Wildman–Crippen MR) is 117 cm³/mol. The number of aromatic nitrogens is 4. The number of nitrogens with zero attached hydrogens (tertiary/aromatic N) is 5. The highest BCUT2D eigenvalue weighted by atomic mass is 16.2. The van der Waals surface area contributed by atoms with Crippen molar-refractivity contribution in [2.45, 2.75) is 33.7 Å². The molecule has 3 heterocycles. The standard InChI is InChI=1S/C22H26N6O3/c1-14-10-15(2)12-26(11-14)20-21-25-28(22(31)27(21)9-8-23-20)13-19(30)24-18-6-4-17(5-7-18)16(3)29/h4-9,14-15H,10-13H2,1-3H3,(H,24,30)/t14-,15-/m0/s1. The lowest BCUT2D eigenvalue weighted by Gasteiger charge is -2.35. The number of amides is 1. The van der Waals surface area contributed by atoms with Crippen molar-refractivity contribution < 1.29 is 9.59 Å². The Kier molecular flexibility index (Phi) is 5.58. The van der Waals surface area contributed by atoms with E-state index in [4.69, 9.17) is 0 Å². The Labute approximate surface area is 179 Å². The molecule has 1 aromatic carbocycles. The molecule has 0 radical (unpaired) electrons. The van der Waals surface area contributed by atoms with Gasteiger partial charge in [0.2, 0.25) is 11.6 Å². The summed E-state index contributed by atoms with van der Waals surface area (Å²) in [6.07, 6.45) is 4.32. The molecule has 1 aliphatic heterocycles. The SMILES string of the molecule is CC(=O)c1ccc(NC(=O)Cn2nc3c(N4C[C@@H](C)C[C@H](C)C4)nccn3c2=O)cc1. The van der Waals surface area contributed by atoms with Crippen molar-refractivity contribution in [2.75, 3.05) is 23.3 Å². The highest BCUT2D eigenvalue weighted by Gasteiger charge is 2.25. The first-order valence-electron chi connectivity index (χ1n) is 10.4. The number of hydrogen-bond acceptors (Lipinski definition) is 6. The molecule has 31 heavy (non-hydrogen) atoms. The minimum absolute atomic E-state index is 0.0453. The summed E-state index contributed by atoms with van der Waals surface area (Å²) in [5.74, 6) is 1.29. The number of anilines is 2. The summed E-state index contributed by atoms with van der Waals surface area (Å²) in [5, 5.41) is 7.15. The van der Waals surface area contributed by atoms with Crippen LogP contribution in [0.3, 0.4) is 0 Å². The highest BCUT2D eigenvalue weighted by molar-refractivity contribution is 5.95. The van der Waals surface area contributed by atoms with E-state index in [-0.39, 0.29) is 23.9 Å². The molecule has 1 N–H and O–H groups in total. The van der Waals surface area contributed by atoms with Gasteiger partial charge in [0.1, 0.15) is 6.54 Å². The zero-order valence-corrected chi connectivity index (χ0v) is 17.9. The van der Waals surface area contributed by atoms with Crippen LogP contribution in [0.15, 0.2) is 41.5 Å². The van der Waals surface area contributed by atoms with Crippen LogP contribution in [0.25, 0.3) is 5.65 Å². The van der Waals surface area contributed by atoms with Crippen LogP contribution >= 0.6 is 0 Å². The van der Waals surface area contributed by atoms with E-state index in [9.17, 15) is 14.4 Å². The molecule has 2 aromatic heterocycles. The first-order valence-corrected chi connectivity index (χ1v) is 10.4. The summed E-state index contributed by atoms with van der Waals surface area (Å²) in [6.45, 7) is 7.39. The molecule has 1 fully saturated rings. The first kappa shape index (κ1) is 20.8. The van der Waals surface area contributed by atoms with Gasteiger partial charge in [0.25, 0.3) is 0 Å². The van der Waals surface area contributed by atoms with E-state index in [0.717, 1.165) is 24.2 Å². The third-order valence-corrected chi connectivity index (χ3v) is 5.52. The van der Waals surface area contributed by atoms with Crippen LogP contribution in [-0.2, 0) is 11.3 Å². The number of ketones is 1. The van der Waals surface area contributed by atoms with Gasteiger partial charge in [-0.15, -0.1) is 5.10 Å². The van der Waals surface area contributed by atoms with Crippen molar-refractivity contribution in [3.8, 4) is 0 Å². The second-order valence-corrected chi connectivity index (χ2v) is 8.42. The van der Waals surface area contributed by atoms with E-state index in [1.165, 1.54) is 11.3 Å². The van der Waals surface area contributed by atoms with Crippen LogP contribution < -0.4 is 15.9 Å². The molecular formula is C22H26N6O3. The Balaban J connectivity index is 1.56. The van der Waals surface area contributed by atoms with E-state index in [0.29, 0.717) is 34.6 Å². The van der Waals surface area contributed by atoms with Crippen LogP contribution in [0.4, 0.5) is 11.5 Å². The van der Waals surface area contributed by atoms with Crippen LogP contribution in [0.2, 0.25) is 0 Å². The van der Waals surface area contributed by atoms with Gasteiger partial charge in [0, 0.05) is 36.7 Å². The Morgan fingerprint density at radius 2 is 1.81 bits per heavy atom. The van der Waals surface area contributed by atoms with Crippen molar-refractivity contribution in [3.05, 3.63) is 52.7 Å². The largest absolute Gasteiger partial charge is 0.353 e. The average Bonchev–Trinajstić information content (AvgIpc) is 3.03. The lowest BCUT2D eigenvalue weighted by Crippen LogP contribution is -2.39. The maximum Gasteiger partial charge on any atom is 0.350 e. The lowest BCUT2D eigenvalue weighted by atomic mass is 9.92. The van der Waals surface area contributed by atoms with Crippen molar-refractivity contribution in [2.24, 2.45) is 11.8 Å². The molecule has 2 atom stereocenters. The average molecular weight is 422 g/mol. The van der Waals surface area contributed by atoms with Gasteiger partial charge in [-0.05, 0) is 49.4 Å². The van der Waals surface area contributed by atoms with Gasteiger partial charge < -0.3 is 10.2 Å². The summed E-state index contributed by atoms with van der Waals surface area (Å²) in [5.41, 5.74) is 1.17. The van der Waals surface area contributed by atoms with Gasteiger partial charge in [-0.1, -0.05) is 13.8 Å². The second kappa shape index (κ2) is 8.33. The number of piperidine rings is 1. The van der Waals surface area contributed by atoms with Crippen LogP contribution in [0, 0.1) is 11.8 Å². The lowest BCUT2D eigenvalue weighted by molar-refractivity contribution is -0.117. The smallest absolute Gasteiger partial charge is 0.350 e. The maximum absolute atomic E-state index is 12.8. The number of Topliss-reactive ketones (excluding diaryl/α,β-unsaturated/α-hetero) is 1. The van der Waals surface area contributed by atoms with Crippen LogP contribution in [0.1, 0.15) is 37.6 Å². The number of carbonyl (C=O) groups excluding carboxylic acids is 2. The van der Waals surface area contributed by atoms with Gasteiger partial charge in [-0.2, -0.15) is 0 Å². The zero-order chi connectivity index (χ0) is 22.1. The van der Waals surface area contributed by atoms with E-state index >= 15 is 0 Å². The molecule has 0 bridgehead atoms. The van der Waals surface area contributed by atoms with Gasteiger partial charge in [0.15, 0.2) is 11.6 Å². The molecule has 0 unspecified atom stereocenters. The Bertz CT molecular complexity index is 1170. The summed E-state index contributed by atoms with van der Waals surface area (Å²) in [7, 11) is 0. The molecule has 1 aliphatic rings. The summed E-state index contributed by atoms with van der Waals surface area (Å²) < 4.78 is 2.58. The van der Waals surface area contributed by atoms with Crippen molar-refractivity contribution in [3.63, 3.8) is 0 Å². The van der Waals surface area contributed by atoms with E-state index < -0.39 is 0 Å². The van der Waals surface area contributed by atoms with Crippen LogP contribution in [0.5, 0.6) is 0 Å². The monoisotopic (exact) mass is 422 g/mol. The molecule has 3 aromatic rings. The summed E-state index contributed by atoms with van der Waals surface area (Å²) in [6, 6.07) is 6.60. The molecule has 9 heteroatoms. The number of hydrogen-bond donors (Lipinski definition) is 1. The molecule has 0 spiro atoms. The Morgan fingerprint density at radius 3 is 2.45 bits per heavy atom. The highest BCUT2D eigenvalue weighted by Crippen LogP contribution is 2.26. The van der Waals surface area contributed by atoms with Crippen molar-refractivity contribution in [1.82, 2.24) is 19.2 Å². The molecule has 1 saturated heterocycles. The second-order valence-electron chi connectivity index (χ2n) is 8.42. The summed E-state index contributed by atoms with van der Waals surface area (Å²) >= 11 is 0. The fourth-order valence-corrected chi connectivity index (χ4v) is 4.22. The molecule has 9 nitrogen and oxygen atoms in total. The molecule has 1 amide bonds.